The molecule has 0 amide bonds. The number of hydrogen-bond acceptors (Lipinski definition) is 4. The summed E-state index contributed by atoms with van der Waals surface area (Å²) in [6.07, 6.45) is 2.58. The largest absolute Gasteiger partial charge is 0.494 e. The minimum Gasteiger partial charge on any atom is -0.494 e. The Bertz CT molecular complexity index is 983. The number of aryl methyl sites for hydroxylation is 1. The van der Waals surface area contributed by atoms with Crippen molar-refractivity contribution in [1.29, 1.82) is 0 Å². The number of sulfonamides is 1. The first kappa shape index (κ1) is 17.2. The Morgan fingerprint density at radius 1 is 1.04 bits per heavy atom. The predicted molar refractivity (Wildman–Crippen MR) is 99.5 cm³/mol. The number of nitrogens with zero attached hydrogens (tertiary/aromatic N) is 1. The molecule has 1 heterocycles. The van der Waals surface area contributed by atoms with E-state index < -0.39 is 10.0 Å². The van der Waals surface area contributed by atoms with Crippen molar-refractivity contribution in [2.24, 2.45) is 0 Å². The molecule has 0 radical (unpaired) electrons. The lowest BCUT2D eigenvalue weighted by Gasteiger charge is -2.12. The average molecular weight is 356 g/mol. The molecule has 0 aliphatic heterocycles. The van der Waals surface area contributed by atoms with Gasteiger partial charge < -0.3 is 4.74 Å². The molecule has 3 rings (SSSR count). The third kappa shape index (κ3) is 3.74. The molecule has 0 unspecified atom stereocenters. The second-order valence-electron chi connectivity index (χ2n) is 5.72. The van der Waals surface area contributed by atoms with Gasteiger partial charge >= 0.3 is 0 Å². The molecule has 130 valence electrons. The number of hydrogen-bond donors (Lipinski definition) is 1. The Hall–Kier alpha value is -2.60. The van der Waals surface area contributed by atoms with Gasteiger partial charge in [-0.05, 0) is 49.7 Å². The monoisotopic (exact) mass is 356 g/mol. The van der Waals surface area contributed by atoms with Crippen LogP contribution in [0.3, 0.4) is 0 Å². The minimum absolute atomic E-state index is 0.194. The second kappa shape index (κ2) is 7.11. The van der Waals surface area contributed by atoms with E-state index in [9.17, 15) is 8.42 Å². The molecule has 0 aliphatic rings. The van der Waals surface area contributed by atoms with Crippen LogP contribution in [0.1, 0.15) is 19.0 Å². The van der Waals surface area contributed by atoms with Crippen molar-refractivity contribution < 1.29 is 13.2 Å². The number of rotatable bonds is 6. The number of benzene rings is 2. The molecule has 3 aromatic rings. The molecule has 0 aliphatic carbocycles. The number of pyridine rings is 1. The molecule has 5 nitrogen and oxygen atoms in total. The maximum atomic E-state index is 12.7. The van der Waals surface area contributed by atoms with Gasteiger partial charge in [0.25, 0.3) is 10.0 Å². The minimum atomic E-state index is -3.68. The third-order valence-corrected chi connectivity index (χ3v) is 5.24. The molecule has 6 heteroatoms. The molecule has 1 N–H and O–H groups in total. The number of fused-ring (bicyclic) bond motifs is 1. The Morgan fingerprint density at radius 2 is 1.80 bits per heavy atom. The zero-order chi connectivity index (χ0) is 17.9. The highest BCUT2D eigenvalue weighted by molar-refractivity contribution is 7.92. The van der Waals surface area contributed by atoms with Gasteiger partial charge in [0, 0.05) is 22.7 Å². The van der Waals surface area contributed by atoms with E-state index in [1.807, 2.05) is 32.0 Å². The van der Waals surface area contributed by atoms with Gasteiger partial charge in [-0.15, -0.1) is 0 Å². The predicted octanol–water partition coefficient (Wildman–Crippen LogP) is 4.13. The summed E-state index contributed by atoms with van der Waals surface area (Å²) in [6, 6.07) is 13.7. The van der Waals surface area contributed by atoms with E-state index in [4.69, 9.17) is 4.74 Å². The molecule has 25 heavy (non-hydrogen) atoms. The van der Waals surface area contributed by atoms with Crippen LogP contribution >= 0.6 is 0 Å². The summed E-state index contributed by atoms with van der Waals surface area (Å²) in [4.78, 5) is 4.44. The number of aromatic nitrogens is 1. The summed E-state index contributed by atoms with van der Waals surface area (Å²) in [6.45, 7) is 4.52. The molecular formula is C19H20N2O3S. The fourth-order valence-electron chi connectivity index (χ4n) is 2.58. The summed E-state index contributed by atoms with van der Waals surface area (Å²) in [7, 11) is -3.68. The van der Waals surface area contributed by atoms with Gasteiger partial charge in [-0.25, -0.2) is 8.42 Å². The van der Waals surface area contributed by atoms with Crippen LogP contribution in [0.5, 0.6) is 5.75 Å². The van der Waals surface area contributed by atoms with E-state index in [2.05, 4.69) is 9.71 Å². The van der Waals surface area contributed by atoms with Crippen molar-refractivity contribution in [3.8, 4) is 5.75 Å². The van der Waals surface area contributed by atoms with Crippen molar-refractivity contribution in [1.82, 2.24) is 4.98 Å². The van der Waals surface area contributed by atoms with Crippen LogP contribution in [-0.4, -0.2) is 20.0 Å². The molecule has 0 atom stereocenters. The number of nitrogens with one attached hydrogen (secondary N) is 1. The van der Waals surface area contributed by atoms with Crippen molar-refractivity contribution in [2.45, 2.75) is 25.2 Å². The molecule has 0 saturated heterocycles. The van der Waals surface area contributed by atoms with E-state index in [1.54, 1.807) is 36.5 Å². The average Bonchev–Trinajstić information content (AvgIpc) is 2.61. The number of ether oxygens (including phenoxy) is 1. The van der Waals surface area contributed by atoms with Crippen LogP contribution in [-0.2, 0) is 10.0 Å². The first-order valence-electron chi connectivity index (χ1n) is 8.11. The van der Waals surface area contributed by atoms with E-state index in [0.717, 1.165) is 22.9 Å². The maximum Gasteiger partial charge on any atom is 0.261 e. The zero-order valence-corrected chi connectivity index (χ0v) is 15.0. The fourth-order valence-corrected chi connectivity index (χ4v) is 3.66. The molecule has 0 saturated carbocycles. The van der Waals surface area contributed by atoms with E-state index in [1.165, 1.54) is 0 Å². The van der Waals surface area contributed by atoms with Crippen molar-refractivity contribution >= 4 is 26.5 Å². The Morgan fingerprint density at radius 3 is 2.52 bits per heavy atom. The quantitative estimate of drug-likeness (QED) is 0.721. The lowest BCUT2D eigenvalue weighted by Crippen LogP contribution is -2.13. The van der Waals surface area contributed by atoms with Crippen LogP contribution < -0.4 is 9.46 Å². The van der Waals surface area contributed by atoms with E-state index in [0.29, 0.717) is 18.0 Å². The maximum absolute atomic E-state index is 12.7. The summed E-state index contributed by atoms with van der Waals surface area (Å²) >= 11 is 0. The summed E-state index contributed by atoms with van der Waals surface area (Å²) in [5, 5.41) is 1.74. The molecule has 0 spiro atoms. The summed E-state index contributed by atoms with van der Waals surface area (Å²) in [5.74, 6) is 0.660. The van der Waals surface area contributed by atoms with Gasteiger partial charge in [-0.2, -0.15) is 0 Å². The Labute approximate surface area is 147 Å². The van der Waals surface area contributed by atoms with Gasteiger partial charge in [-0.1, -0.05) is 19.1 Å². The smallest absolute Gasteiger partial charge is 0.261 e. The second-order valence-corrected chi connectivity index (χ2v) is 7.40. The molecule has 0 bridgehead atoms. The summed E-state index contributed by atoms with van der Waals surface area (Å²) in [5.41, 5.74) is 1.39. The fraction of sp³-hybridized carbons (Fsp3) is 0.211. The van der Waals surface area contributed by atoms with Gasteiger partial charge in [-0.3, -0.25) is 9.71 Å². The normalized spacial score (nSPS) is 11.4. The van der Waals surface area contributed by atoms with Crippen molar-refractivity contribution in [3.63, 3.8) is 0 Å². The van der Waals surface area contributed by atoms with E-state index >= 15 is 0 Å². The van der Waals surface area contributed by atoms with Crippen LogP contribution in [0.2, 0.25) is 0 Å². The lowest BCUT2D eigenvalue weighted by atomic mass is 10.1. The summed E-state index contributed by atoms with van der Waals surface area (Å²) < 4.78 is 33.5. The van der Waals surface area contributed by atoms with Gasteiger partial charge in [0.1, 0.15) is 5.75 Å². The topological polar surface area (TPSA) is 68.3 Å². The standard InChI is InChI=1S/C19H20N2O3S/c1-3-13-24-15-7-9-16(10-8-15)25(22,23)21-19-6-4-5-17-14(2)20-12-11-18(17)19/h4-12,21H,3,13H2,1-2H3. The molecule has 2 aromatic carbocycles. The van der Waals surface area contributed by atoms with Crippen molar-refractivity contribution in [3.05, 3.63) is 60.4 Å². The van der Waals surface area contributed by atoms with Crippen LogP contribution in [0.15, 0.2) is 59.6 Å². The van der Waals surface area contributed by atoms with Crippen LogP contribution in [0.25, 0.3) is 10.8 Å². The van der Waals surface area contributed by atoms with Crippen LogP contribution in [0, 0.1) is 6.92 Å². The third-order valence-electron chi connectivity index (χ3n) is 3.86. The van der Waals surface area contributed by atoms with Gasteiger partial charge in [0.05, 0.1) is 17.2 Å². The first-order chi connectivity index (χ1) is 12.0. The lowest BCUT2D eigenvalue weighted by molar-refractivity contribution is 0.317. The highest BCUT2D eigenvalue weighted by atomic mass is 32.2. The van der Waals surface area contributed by atoms with Gasteiger partial charge in [0.2, 0.25) is 0 Å². The zero-order valence-electron chi connectivity index (χ0n) is 14.2. The molecule has 1 aromatic heterocycles. The molecule has 0 fully saturated rings. The van der Waals surface area contributed by atoms with E-state index in [-0.39, 0.29) is 4.90 Å². The van der Waals surface area contributed by atoms with Crippen molar-refractivity contribution in [2.75, 3.05) is 11.3 Å². The highest BCUT2D eigenvalue weighted by Gasteiger charge is 2.16. The van der Waals surface area contributed by atoms with Gasteiger partial charge in [0.15, 0.2) is 0 Å². The molecular weight excluding hydrogens is 336 g/mol. The highest BCUT2D eigenvalue weighted by Crippen LogP contribution is 2.27. The number of anilines is 1. The Balaban J connectivity index is 1.90. The Kier molecular flexibility index (Phi) is 4.90. The first-order valence-corrected chi connectivity index (χ1v) is 9.59. The SMILES string of the molecule is CCCOc1ccc(S(=O)(=O)Nc2cccc3c(C)nccc23)cc1. The van der Waals surface area contributed by atoms with Crippen LogP contribution in [0.4, 0.5) is 5.69 Å².